The Labute approximate surface area is 65.4 Å². The molecular weight excluding hydrogens is 142 g/mol. The predicted octanol–water partition coefficient (Wildman–Crippen LogP) is 2.82. The SMILES string of the molecule is CC1=C(SC#N)CCC=C1. The van der Waals surface area contributed by atoms with Crippen molar-refractivity contribution < 1.29 is 0 Å². The van der Waals surface area contributed by atoms with Gasteiger partial charge in [0.05, 0.1) is 0 Å². The monoisotopic (exact) mass is 151 g/mol. The van der Waals surface area contributed by atoms with E-state index in [0.717, 1.165) is 12.8 Å². The summed E-state index contributed by atoms with van der Waals surface area (Å²) in [6.45, 7) is 2.05. The quantitative estimate of drug-likeness (QED) is 0.538. The van der Waals surface area contributed by atoms with Gasteiger partial charge in [0.25, 0.3) is 0 Å². The van der Waals surface area contributed by atoms with Gasteiger partial charge in [0.1, 0.15) is 5.40 Å². The molecule has 0 aliphatic heterocycles. The van der Waals surface area contributed by atoms with Crippen molar-refractivity contribution >= 4 is 11.8 Å². The molecule has 1 aliphatic carbocycles. The van der Waals surface area contributed by atoms with Crippen LogP contribution >= 0.6 is 11.8 Å². The van der Waals surface area contributed by atoms with E-state index in [4.69, 9.17) is 5.26 Å². The second-order valence-corrected chi connectivity index (χ2v) is 3.12. The molecule has 0 spiro atoms. The van der Waals surface area contributed by atoms with Gasteiger partial charge in [-0.25, -0.2) is 0 Å². The lowest BCUT2D eigenvalue weighted by Crippen LogP contribution is -1.86. The molecule has 0 atom stereocenters. The van der Waals surface area contributed by atoms with Crippen molar-refractivity contribution in [3.05, 3.63) is 22.6 Å². The normalized spacial score (nSPS) is 17.2. The number of nitrogens with zero attached hydrogens (tertiary/aromatic N) is 1. The van der Waals surface area contributed by atoms with Crippen LogP contribution in [0.4, 0.5) is 0 Å². The fraction of sp³-hybridized carbons (Fsp3) is 0.375. The molecule has 1 aliphatic rings. The highest BCUT2D eigenvalue weighted by atomic mass is 32.2. The van der Waals surface area contributed by atoms with E-state index in [-0.39, 0.29) is 0 Å². The average Bonchev–Trinajstić information content (AvgIpc) is 1.94. The van der Waals surface area contributed by atoms with Crippen LogP contribution in [-0.4, -0.2) is 0 Å². The smallest absolute Gasteiger partial charge is 0.138 e. The molecule has 1 rings (SSSR count). The highest BCUT2D eigenvalue weighted by Crippen LogP contribution is 2.27. The first-order valence-corrected chi connectivity index (χ1v) is 4.08. The Kier molecular flexibility index (Phi) is 2.58. The van der Waals surface area contributed by atoms with Gasteiger partial charge in [-0.3, -0.25) is 0 Å². The summed E-state index contributed by atoms with van der Waals surface area (Å²) in [5.74, 6) is 0. The molecule has 2 heteroatoms. The number of rotatable bonds is 1. The largest absolute Gasteiger partial charge is 0.185 e. The molecule has 0 bridgehead atoms. The second-order valence-electron chi connectivity index (χ2n) is 2.24. The number of nitriles is 1. The highest BCUT2D eigenvalue weighted by molar-refractivity contribution is 8.07. The number of hydrogen-bond donors (Lipinski definition) is 0. The van der Waals surface area contributed by atoms with Crippen molar-refractivity contribution in [2.45, 2.75) is 19.8 Å². The van der Waals surface area contributed by atoms with E-state index in [9.17, 15) is 0 Å². The molecule has 0 aromatic rings. The van der Waals surface area contributed by atoms with Gasteiger partial charge in [-0.2, -0.15) is 5.26 Å². The Morgan fingerprint density at radius 2 is 2.50 bits per heavy atom. The zero-order valence-electron chi connectivity index (χ0n) is 5.92. The number of allylic oxidation sites excluding steroid dienone is 4. The van der Waals surface area contributed by atoms with Crippen LogP contribution in [0.3, 0.4) is 0 Å². The summed E-state index contributed by atoms with van der Waals surface area (Å²) in [6, 6.07) is 0. The van der Waals surface area contributed by atoms with Crippen LogP contribution in [0, 0.1) is 10.7 Å². The van der Waals surface area contributed by atoms with Crippen LogP contribution in [0.5, 0.6) is 0 Å². The Morgan fingerprint density at radius 3 is 3.10 bits per heavy atom. The summed E-state index contributed by atoms with van der Waals surface area (Å²) in [5, 5.41) is 10.5. The van der Waals surface area contributed by atoms with E-state index in [1.807, 2.05) is 0 Å². The summed E-state index contributed by atoms with van der Waals surface area (Å²) in [4.78, 5) is 1.23. The number of hydrogen-bond acceptors (Lipinski definition) is 2. The van der Waals surface area contributed by atoms with E-state index in [1.54, 1.807) is 0 Å². The van der Waals surface area contributed by atoms with Crippen molar-refractivity contribution in [3.63, 3.8) is 0 Å². The minimum Gasteiger partial charge on any atom is -0.185 e. The van der Waals surface area contributed by atoms with Crippen molar-refractivity contribution in [1.29, 1.82) is 5.26 Å². The molecule has 0 N–H and O–H groups in total. The van der Waals surface area contributed by atoms with E-state index >= 15 is 0 Å². The zero-order chi connectivity index (χ0) is 7.40. The van der Waals surface area contributed by atoms with Crippen LogP contribution in [-0.2, 0) is 0 Å². The lowest BCUT2D eigenvalue weighted by molar-refractivity contribution is 1.00. The maximum atomic E-state index is 8.39. The Morgan fingerprint density at radius 1 is 1.70 bits per heavy atom. The van der Waals surface area contributed by atoms with Crippen LogP contribution in [0.15, 0.2) is 22.6 Å². The molecule has 52 valence electrons. The molecule has 10 heavy (non-hydrogen) atoms. The van der Waals surface area contributed by atoms with E-state index in [1.165, 1.54) is 22.2 Å². The van der Waals surface area contributed by atoms with Crippen molar-refractivity contribution in [2.24, 2.45) is 0 Å². The molecular formula is C8H9NS. The van der Waals surface area contributed by atoms with Crippen molar-refractivity contribution in [1.82, 2.24) is 0 Å². The van der Waals surface area contributed by atoms with E-state index in [0.29, 0.717) is 0 Å². The maximum Gasteiger partial charge on any atom is 0.138 e. The summed E-state index contributed by atoms with van der Waals surface area (Å²) >= 11 is 1.29. The molecule has 1 nitrogen and oxygen atoms in total. The lowest BCUT2D eigenvalue weighted by atomic mass is 10.1. The standard InChI is InChI=1S/C8H9NS/c1-7-4-2-3-5-8(7)10-6-9/h2,4H,3,5H2,1H3. The van der Waals surface area contributed by atoms with Gasteiger partial charge in [-0.1, -0.05) is 12.2 Å². The molecule has 0 aromatic carbocycles. The van der Waals surface area contributed by atoms with Gasteiger partial charge < -0.3 is 0 Å². The van der Waals surface area contributed by atoms with Crippen LogP contribution in [0.1, 0.15) is 19.8 Å². The fourth-order valence-corrected chi connectivity index (χ4v) is 1.51. The average molecular weight is 151 g/mol. The van der Waals surface area contributed by atoms with Gasteiger partial charge in [-0.05, 0) is 37.1 Å². The molecule has 0 saturated heterocycles. The summed E-state index contributed by atoms with van der Waals surface area (Å²) in [7, 11) is 0. The first-order valence-electron chi connectivity index (χ1n) is 3.27. The maximum absolute atomic E-state index is 8.39. The summed E-state index contributed by atoms with van der Waals surface area (Å²) < 4.78 is 0. The lowest BCUT2D eigenvalue weighted by Gasteiger charge is -2.07. The Hall–Kier alpha value is -0.680. The van der Waals surface area contributed by atoms with Crippen molar-refractivity contribution in [3.8, 4) is 5.40 Å². The van der Waals surface area contributed by atoms with E-state index < -0.39 is 0 Å². The minimum absolute atomic E-state index is 1.04. The van der Waals surface area contributed by atoms with Crippen molar-refractivity contribution in [2.75, 3.05) is 0 Å². The van der Waals surface area contributed by atoms with Gasteiger partial charge in [0.15, 0.2) is 0 Å². The molecule has 0 fully saturated rings. The summed E-state index contributed by atoms with van der Waals surface area (Å²) in [5.41, 5.74) is 1.25. The number of thiocyanates is 1. The molecule has 0 heterocycles. The van der Waals surface area contributed by atoms with Gasteiger partial charge >= 0.3 is 0 Å². The van der Waals surface area contributed by atoms with Gasteiger partial charge in [-0.15, -0.1) is 0 Å². The minimum atomic E-state index is 1.04. The third kappa shape index (κ3) is 1.65. The summed E-state index contributed by atoms with van der Waals surface area (Å²) in [6.07, 6.45) is 6.36. The first kappa shape index (κ1) is 7.43. The molecule has 0 amide bonds. The molecule has 0 saturated carbocycles. The highest BCUT2D eigenvalue weighted by Gasteiger charge is 2.03. The van der Waals surface area contributed by atoms with E-state index in [2.05, 4.69) is 24.5 Å². The van der Waals surface area contributed by atoms with Gasteiger partial charge in [0.2, 0.25) is 0 Å². The predicted molar refractivity (Wildman–Crippen MR) is 44.3 cm³/mol. The third-order valence-corrected chi connectivity index (χ3v) is 2.38. The first-order chi connectivity index (χ1) is 4.84. The number of thioether (sulfide) groups is 1. The topological polar surface area (TPSA) is 23.8 Å². The molecule has 0 unspecified atom stereocenters. The van der Waals surface area contributed by atoms with Crippen LogP contribution < -0.4 is 0 Å². The van der Waals surface area contributed by atoms with Crippen LogP contribution in [0.2, 0.25) is 0 Å². The molecule has 0 aromatic heterocycles. The molecule has 0 radical (unpaired) electrons. The van der Waals surface area contributed by atoms with Gasteiger partial charge in [0, 0.05) is 4.91 Å². The fourth-order valence-electron chi connectivity index (χ4n) is 0.951. The zero-order valence-corrected chi connectivity index (χ0v) is 6.74. The van der Waals surface area contributed by atoms with Crippen LogP contribution in [0.25, 0.3) is 0 Å². The Balaban J connectivity index is 2.71. The Bertz CT molecular complexity index is 220. The third-order valence-electron chi connectivity index (χ3n) is 1.51. The second kappa shape index (κ2) is 3.48.